The van der Waals surface area contributed by atoms with Crippen molar-refractivity contribution in [2.75, 3.05) is 19.6 Å². The number of urea groups is 1. The molecule has 1 unspecified atom stereocenters. The number of hydrogen-bond acceptors (Lipinski definition) is 3. The summed E-state index contributed by atoms with van der Waals surface area (Å²) in [6.07, 6.45) is 1.85. The van der Waals surface area contributed by atoms with Gasteiger partial charge >= 0.3 is 12.0 Å². The molecule has 3 N–H and O–H groups in total. The Bertz CT molecular complexity index is 346. The van der Waals surface area contributed by atoms with Gasteiger partial charge in [0.25, 0.3) is 0 Å². The van der Waals surface area contributed by atoms with Crippen LogP contribution in [-0.4, -0.2) is 53.6 Å². The number of nitrogens with one attached hydrogen (secondary N) is 2. The Morgan fingerprint density at radius 3 is 2.84 bits per heavy atom. The molecule has 0 aliphatic carbocycles. The fourth-order valence-electron chi connectivity index (χ4n) is 2.06. The van der Waals surface area contributed by atoms with Crippen molar-refractivity contribution in [3.8, 4) is 0 Å². The van der Waals surface area contributed by atoms with E-state index in [-0.39, 0.29) is 18.4 Å². The summed E-state index contributed by atoms with van der Waals surface area (Å²) >= 11 is 0. The maximum absolute atomic E-state index is 11.9. The van der Waals surface area contributed by atoms with E-state index in [0.717, 1.165) is 0 Å². The maximum Gasteiger partial charge on any atom is 0.318 e. The van der Waals surface area contributed by atoms with E-state index in [1.165, 1.54) is 4.90 Å². The van der Waals surface area contributed by atoms with E-state index in [2.05, 4.69) is 10.6 Å². The number of aliphatic carboxylic acids is 1. The second-order valence-electron chi connectivity index (χ2n) is 4.49. The SMILES string of the molecule is CCC1C(=O)NCCN1C(=O)NCCCCC(=O)O. The van der Waals surface area contributed by atoms with Gasteiger partial charge in [0, 0.05) is 26.1 Å². The van der Waals surface area contributed by atoms with E-state index in [9.17, 15) is 14.4 Å². The van der Waals surface area contributed by atoms with Gasteiger partial charge in [-0.25, -0.2) is 4.79 Å². The van der Waals surface area contributed by atoms with Gasteiger partial charge in [-0.05, 0) is 19.3 Å². The molecule has 0 aromatic rings. The van der Waals surface area contributed by atoms with Crippen molar-refractivity contribution in [2.24, 2.45) is 0 Å². The minimum absolute atomic E-state index is 0.111. The number of piperazine rings is 1. The average Bonchev–Trinajstić information content (AvgIpc) is 2.37. The van der Waals surface area contributed by atoms with Crippen molar-refractivity contribution in [3.05, 3.63) is 0 Å². The predicted octanol–water partition coefficient (Wildman–Crippen LogP) is 0.161. The van der Waals surface area contributed by atoms with Gasteiger partial charge in [-0.15, -0.1) is 0 Å². The molecule has 0 saturated carbocycles. The van der Waals surface area contributed by atoms with Crippen LogP contribution in [0.3, 0.4) is 0 Å². The van der Waals surface area contributed by atoms with Crippen LogP contribution < -0.4 is 10.6 Å². The third-order valence-electron chi connectivity index (χ3n) is 3.07. The van der Waals surface area contributed by atoms with E-state index in [1.807, 2.05) is 6.92 Å². The fraction of sp³-hybridized carbons (Fsp3) is 0.750. The third kappa shape index (κ3) is 4.76. The number of unbranched alkanes of at least 4 members (excludes halogenated alkanes) is 1. The minimum Gasteiger partial charge on any atom is -0.481 e. The molecule has 1 aliphatic rings. The van der Waals surface area contributed by atoms with Gasteiger partial charge in [0.05, 0.1) is 0 Å². The van der Waals surface area contributed by atoms with Crippen LogP contribution in [0.2, 0.25) is 0 Å². The van der Waals surface area contributed by atoms with Gasteiger partial charge in [-0.3, -0.25) is 9.59 Å². The highest BCUT2D eigenvalue weighted by Gasteiger charge is 2.31. The van der Waals surface area contributed by atoms with Gasteiger partial charge in [0.15, 0.2) is 0 Å². The zero-order valence-corrected chi connectivity index (χ0v) is 11.1. The fourth-order valence-corrected chi connectivity index (χ4v) is 2.06. The molecule has 19 heavy (non-hydrogen) atoms. The van der Waals surface area contributed by atoms with Crippen LogP contribution in [0.15, 0.2) is 0 Å². The zero-order chi connectivity index (χ0) is 14.3. The Hall–Kier alpha value is -1.79. The highest BCUT2D eigenvalue weighted by Crippen LogP contribution is 2.08. The summed E-state index contributed by atoms with van der Waals surface area (Å²) in [7, 11) is 0. The molecule has 1 rings (SSSR count). The number of carboxylic acids is 1. The molecule has 1 aliphatic heterocycles. The molecule has 1 heterocycles. The molecule has 1 saturated heterocycles. The Morgan fingerprint density at radius 1 is 1.47 bits per heavy atom. The molecule has 0 spiro atoms. The van der Waals surface area contributed by atoms with Crippen molar-refractivity contribution in [1.82, 2.24) is 15.5 Å². The molecule has 108 valence electrons. The van der Waals surface area contributed by atoms with Crippen LogP contribution in [0.4, 0.5) is 4.79 Å². The minimum atomic E-state index is -0.829. The lowest BCUT2D eigenvalue weighted by atomic mass is 10.1. The molecule has 1 fully saturated rings. The third-order valence-corrected chi connectivity index (χ3v) is 3.07. The first-order valence-electron chi connectivity index (χ1n) is 6.60. The number of amides is 3. The first-order chi connectivity index (χ1) is 9.06. The first kappa shape index (κ1) is 15.3. The van der Waals surface area contributed by atoms with Crippen molar-refractivity contribution in [2.45, 2.75) is 38.6 Å². The predicted molar refractivity (Wildman–Crippen MR) is 68.7 cm³/mol. The molecule has 7 nitrogen and oxygen atoms in total. The lowest BCUT2D eigenvalue weighted by Gasteiger charge is -2.34. The summed E-state index contributed by atoms with van der Waals surface area (Å²) in [4.78, 5) is 35.4. The van der Waals surface area contributed by atoms with Gasteiger partial charge in [-0.2, -0.15) is 0 Å². The lowest BCUT2D eigenvalue weighted by Crippen LogP contribution is -2.59. The summed E-state index contributed by atoms with van der Waals surface area (Å²) in [6, 6.07) is -0.662. The topological polar surface area (TPSA) is 98.7 Å². The molecule has 3 amide bonds. The summed E-state index contributed by atoms with van der Waals surface area (Å²) in [5.74, 6) is -0.945. The number of carbonyl (C=O) groups excluding carboxylic acids is 2. The first-order valence-corrected chi connectivity index (χ1v) is 6.60. The quantitative estimate of drug-likeness (QED) is 0.599. The van der Waals surface area contributed by atoms with Crippen LogP contribution in [0.25, 0.3) is 0 Å². The zero-order valence-electron chi connectivity index (χ0n) is 11.1. The molecule has 0 radical (unpaired) electrons. The van der Waals surface area contributed by atoms with Crippen LogP contribution in [0.1, 0.15) is 32.6 Å². The summed E-state index contributed by atoms with van der Waals surface area (Å²) in [5, 5.41) is 13.9. The highest BCUT2D eigenvalue weighted by atomic mass is 16.4. The Labute approximate surface area is 112 Å². The van der Waals surface area contributed by atoms with Gasteiger partial charge in [0.2, 0.25) is 5.91 Å². The Kier molecular flexibility index (Phi) is 6.11. The normalized spacial score (nSPS) is 18.9. The molecule has 0 bridgehead atoms. The van der Waals surface area contributed by atoms with Gasteiger partial charge < -0.3 is 20.6 Å². The van der Waals surface area contributed by atoms with E-state index >= 15 is 0 Å². The number of carbonyl (C=O) groups is 3. The number of carboxylic acid groups (broad SMARTS) is 1. The average molecular weight is 271 g/mol. The number of rotatable bonds is 6. The highest BCUT2D eigenvalue weighted by molar-refractivity contribution is 5.88. The largest absolute Gasteiger partial charge is 0.481 e. The molecular formula is C12H21N3O4. The van der Waals surface area contributed by atoms with Crippen LogP contribution in [0, 0.1) is 0 Å². The van der Waals surface area contributed by atoms with Crippen LogP contribution >= 0.6 is 0 Å². The van der Waals surface area contributed by atoms with Crippen molar-refractivity contribution < 1.29 is 19.5 Å². The number of nitrogens with zero attached hydrogens (tertiary/aromatic N) is 1. The van der Waals surface area contributed by atoms with Crippen molar-refractivity contribution in [3.63, 3.8) is 0 Å². The van der Waals surface area contributed by atoms with Gasteiger partial charge in [-0.1, -0.05) is 6.92 Å². The van der Waals surface area contributed by atoms with Crippen molar-refractivity contribution in [1.29, 1.82) is 0 Å². The molecule has 0 aromatic carbocycles. The summed E-state index contributed by atoms with van der Waals surface area (Å²) < 4.78 is 0. The van der Waals surface area contributed by atoms with E-state index < -0.39 is 12.0 Å². The molecule has 0 aromatic heterocycles. The van der Waals surface area contributed by atoms with Crippen LogP contribution in [-0.2, 0) is 9.59 Å². The lowest BCUT2D eigenvalue weighted by molar-refractivity contribution is -0.137. The smallest absolute Gasteiger partial charge is 0.318 e. The van der Waals surface area contributed by atoms with Crippen LogP contribution in [0.5, 0.6) is 0 Å². The van der Waals surface area contributed by atoms with E-state index in [0.29, 0.717) is 38.9 Å². The summed E-state index contributed by atoms with van der Waals surface area (Å²) in [5.41, 5.74) is 0. The molecular weight excluding hydrogens is 250 g/mol. The second-order valence-corrected chi connectivity index (χ2v) is 4.49. The Morgan fingerprint density at radius 2 is 2.21 bits per heavy atom. The Balaban J connectivity index is 2.31. The van der Waals surface area contributed by atoms with E-state index in [4.69, 9.17) is 5.11 Å². The van der Waals surface area contributed by atoms with E-state index in [1.54, 1.807) is 0 Å². The second kappa shape index (κ2) is 7.60. The van der Waals surface area contributed by atoms with Crippen molar-refractivity contribution >= 4 is 17.9 Å². The number of hydrogen-bond donors (Lipinski definition) is 3. The molecule has 1 atom stereocenters. The monoisotopic (exact) mass is 271 g/mol. The summed E-state index contributed by atoms with van der Waals surface area (Å²) in [6.45, 7) is 3.27. The van der Waals surface area contributed by atoms with Gasteiger partial charge in [0.1, 0.15) is 6.04 Å². The molecule has 7 heteroatoms. The maximum atomic E-state index is 11.9. The standard InChI is InChI=1S/C12H21N3O4/c1-2-9-11(18)13-7-8-15(9)12(19)14-6-4-3-5-10(16)17/h9H,2-8H2,1H3,(H,13,18)(H,14,19)(H,16,17).